The zero-order chi connectivity index (χ0) is 30.4. The van der Waals surface area contributed by atoms with E-state index in [9.17, 15) is 9.59 Å². The Bertz CT molecular complexity index is 1550. The highest BCUT2D eigenvalue weighted by Gasteiger charge is 2.36. The van der Waals surface area contributed by atoms with Crippen LogP contribution < -0.4 is 19.5 Å². The Balaban J connectivity index is 1.89. The van der Waals surface area contributed by atoms with Crippen LogP contribution in [0.2, 0.25) is 5.02 Å². The van der Waals surface area contributed by atoms with Gasteiger partial charge in [-0.05, 0) is 61.7 Å². The van der Waals surface area contributed by atoms with Crippen molar-refractivity contribution in [1.29, 1.82) is 0 Å². The normalized spacial score (nSPS) is 12.1. The van der Waals surface area contributed by atoms with Gasteiger partial charge < -0.3 is 24.4 Å². The minimum absolute atomic E-state index is 0.0481. The molecule has 0 aliphatic heterocycles. The number of aromatic nitrogens is 3. The number of carbonyl (C=O) groups excluding carboxylic acids is 2. The molecule has 0 saturated heterocycles. The minimum atomic E-state index is -1.09. The smallest absolute Gasteiger partial charge is 0.247 e. The van der Waals surface area contributed by atoms with E-state index in [1.807, 2.05) is 63.2 Å². The second kappa shape index (κ2) is 13.1. The number of halogens is 1. The summed E-state index contributed by atoms with van der Waals surface area (Å²) < 4.78 is 18.2. The molecule has 0 spiro atoms. The Kier molecular flexibility index (Phi) is 9.57. The van der Waals surface area contributed by atoms with E-state index in [1.165, 1.54) is 30.9 Å². The molecule has 222 valence electrons. The van der Waals surface area contributed by atoms with Crippen molar-refractivity contribution < 1.29 is 23.8 Å². The summed E-state index contributed by atoms with van der Waals surface area (Å²) in [4.78, 5) is 30.0. The zero-order valence-electron chi connectivity index (χ0n) is 24.7. The van der Waals surface area contributed by atoms with Gasteiger partial charge in [0.05, 0.1) is 26.8 Å². The number of hydrogen-bond donors (Lipinski definition) is 1. The predicted octanol–water partition coefficient (Wildman–Crippen LogP) is 5.19. The van der Waals surface area contributed by atoms with Crippen molar-refractivity contribution in [3.8, 4) is 17.2 Å². The predicted molar refractivity (Wildman–Crippen MR) is 161 cm³/mol. The number of amides is 2. The van der Waals surface area contributed by atoms with Gasteiger partial charge in [0.25, 0.3) is 0 Å². The van der Waals surface area contributed by atoms with E-state index in [0.717, 1.165) is 0 Å². The zero-order valence-corrected chi connectivity index (χ0v) is 25.4. The Morgan fingerprint density at radius 1 is 1.00 bits per heavy atom. The molecule has 0 saturated carbocycles. The van der Waals surface area contributed by atoms with Crippen molar-refractivity contribution in [3.05, 3.63) is 76.8 Å². The highest BCUT2D eigenvalue weighted by molar-refractivity contribution is 6.31. The molecule has 0 aliphatic rings. The van der Waals surface area contributed by atoms with E-state index in [4.69, 9.17) is 25.8 Å². The molecule has 1 atom stereocenters. The van der Waals surface area contributed by atoms with Crippen LogP contribution >= 0.6 is 11.6 Å². The van der Waals surface area contributed by atoms with Gasteiger partial charge in [0.2, 0.25) is 17.6 Å². The van der Waals surface area contributed by atoms with Crippen LogP contribution in [0.15, 0.2) is 60.7 Å². The first-order valence-electron chi connectivity index (χ1n) is 13.6. The van der Waals surface area contributed by atoms with Crippen molar-refractivity contribution in [3.63, 3.8) is 0 Å². The number of fused-ring (bicyclic) bond motifs is 1. The van der Waals surface area contributed by atoms with Gasteiger partial charge in [-0.15, -0.1) is 5.10 Å². The molecule has 1 N–H and O–H groups in total. The highest BCUT2D eigenvalue weighted by Crippen LogP contribution is 2.41. The Morgan fingerprint density at radius 2 is 1.64 bits per heavy atom. The number of para-hydroxylation sites is 1. The molecule has 0 aliphatic carbocycles. The number of nitrogens with one attached hydrogen (secondary N) is 1. The molecule has 0 radical (unpaired) electrons. The maximum absolute atomic E-state index is 14.3. The molecule has 42 heavy (non-hydrogen) atoms. The SMILES string of the molecule is CCC(C)(C)NC(=O)C(c1cc(OC)c(OC)c(OC)c1)N(Cc1ccccc1Cl)C(=O)Cn1nnc2ccccc21. The Hall–Kier alpha value is -4.31. The summed E-state index contributed by atoms with van der Waals surface area (Å²) in [5, 5.41) is 12.0. The third-order valence-corrected chi connectivity index (χ3v) is 7.60. The molecule has 2 amide bonds. The fourth-order valence-corrected chi connectivity index (χ4v) is 4.80. The second-order valence-electron chi connectivity index (χ2n) is 10.4. The van der Waals surface area contributed by atoms with Gasteiger partial charge in [0.1, 0.15) is 18.1 Å². The van der Waals surface area contributed by atoms with Crippen LogP contribution in [0.1, 0.15) is 44.4 Å². The molecule has 1 aromatic heterocycles. The topological polar surface area (TPSA) is 108 Å². The number of rotatable bonds is 12. The third kappa shape index (κ3) is 6.60. The van der Waals surface area contributed by atoms with E-state index in [2.05, 4.69) is 15.6 Å². The molecule has 3 aromatic carbocycles. The van der Waals surface area contributed by atoms with Gasteiger partial charge >= 0.3 is 0 Å². The molecule has 4 aromatic rings. The Morgan fingerprint density at radius 3 is 2.26 bits per heavy atom. The van der Waals surface area contributed by atoms with Crippen LogP contribution in [0.4, 0.5) is 0 Å². The molecule has 0 fully saturated rings. The molecular formula is C31H36ClN5O5. The van der Waals surface area contributed by atoms with Crippen LogP contribution in [0.3, 0.4) is 0 Å². The molecular weight excluding hydrogens is 558 g/mol. The fourth-order valence-electron chi connectivity index (χ4n) is 4.61. The third-order valence-electron chi connectivity index (χ3n) is 7.23. The summed E-state index contributed by atoms with van der Waals surface area (Å²) in [6.07, 6.45) is 0.671. The summed E-state index contributed by atoms with van der Waals surface area (Å²) in [5.74, 6) is 0.335. The molecule has 1 heterocycles. The fraction of sp³-hybridized carbons (Fsp3) is 0.355. The van der Waals surface area contributed by atoms with E-state index in [1.54, 1.807) is 18.2 Å². The number of benzene rings is 3. The van der Waals surface area contributed by atoms with Crippen molar-refractivity contribution in [2.75, 3.05) is 21.3 Å². The van der Waals surface area contributed by atoms with Crippen LogP contribution in [-0.2, 0) is 22.7 Å². The monoisotopic (exact) mass is 593 g/mol. The summed E-state index contributed by atoms with van der Waals surface area (Å²) in [5.41, 5.74) is 1.96. The van der Waals surface area contributed by atoms with Gasteiger partial charge in [-0.25, -0.2) is 4.68 Å². The molecule has 4 rings (SSSR count). The van der Waals surface area contributed by atoms with Crippen molar-refractivity contribution in [2.24, 2.45) is 0 Å². The Labute approximate surface area is 250 Å². The number of methoxy groups -OCH3 is 3. The summed E-state index contributed by atoms with van der Waals surface area (Å²) in [6, 6.07) is 16.9. The average molecular weight is 594 g/mol. The molecule has 0 bridgehead atoms. The number of hydrogen-bond acceptors (Lipinski definition) is 7. The number of ether oxygens (including phenoxy) is 3. The van der Waals surface area contributed by atoms with Gasteiger partial charge in [0, 0.05) is 17.1 Å². The van der Waals surface area contributed by atoms with Gasteiger partial charge in [0.15, 0.2) is 11.5 Å². The largest absolute Gasteiger partial charge is 0.493 e. The maximum atomic E-state index is 14.3. The van der Waals surface area contributed by atoms with E-state index in [0.29, 0.717) is 50.9 Å². The van der Waals surface area contributed by atoms with E-state index >= 15 is 0 Å². The lowest BCUT2D eigenvalue weighted by Crippen LogP contribution is -2.50. The first-order valence-corrected chi connectivity index (χ1v) is 13.9. The first-order chi connectivity index (χ1) is 20.1. The lowest BCUT2D eigenvalue weighted by Gasteiger charge is -2.35. The quantitative estimate of drug-likeness (QED) is 0.241. The maximum Gasteiger partial charge on any atom is 0.247 e. The van der Waals surface area contributed by atoms with E-state index in [-0.39, 0.29) is 24.9 Å². The number of carbonyl (C=O) groups is 2. The van der Waals surface area contributed by atoms with Crippen LogP contribution in [0.5, 0.6) is 17.2 Å². The van der Waals surface area contributed by atoms with Crippen molar-refractivity contribution in [2.45, 2.75) is 51.9 Å². The number of nitrogens with zero attached hydrogens (tertiary/aromatic N) is 4. The summed E-state index contributed by atoms with van der Waals surface area (Å²) in [7, 11) is 4.50. The van der Waals surface area contributed by atoms with Crippen LogP contribution in [0, 0.1) is 0 Å². The summed E-state index contributed by atoms with van der Waals surface area (Å²) >= 11 is 6.57. The standard InChI is InChI=1S/C31H36ClN5O5/c1-7-31(2,3)33-30(39)28(21-16-25(40-4)29(42-6)26(17-21)41-5)36(18-20-12-8-9-13-22(20)32)27(38)19-37-24-15-11-10-14-23(24)34-35-37/h8-17,28H,7,18-19H2,1-6H3,(H,33,39). The average Bonchev–Trinajstić information content (AvgIpc) is 3.39. The minimum Gasteiger partial charge on any atom is -0.493 e. The molecule has 11 heteroatoms. The van der Waals surface area contributed by atoms with Gasteiger partial charge in [-0.2, -0.15) is 0 Å². The first kappa shape index (κ1) is 30.6. The lowest BCUT2D eigenvalue weighted by atomic mass is 9.97. The molecule has 1 unspecified atom stereocenters. The lowest BCUT2D eigenvalue weighted by molar-refractivity contribution is -0.143. The second-order valence-corrected chi connectivity index (χ2v) is 10.8. The van der Waals surface area contributed by atoms with Crippen molar-refractivity contribution >= 4 is 34.4 Å². The van der Waals surface area contributed by atoms with Gasteiger partial charge in [-0.3, -0.25) is 9.59 Å². The van der Waals surface area contributed by atoms with Crippen LogP contribution in [0.25, 0.3) is 11.0 Å². The molecule has 10 nitrogen and oxygen atoms in total. The van der Waals surface area contributed by atoms with Crippen molar-refractivity contribution in [1.82, 2.24) is 25.2 Å². The van der Waals surface area contributed by atoms with Gasteiger partial charge in [-0.1, -0.05) is 54.1 Å². The van der Waals surface area contributed by atoms with Crippen LogP contribution in [-0.4, -0.2) is 58.6 Å². The highest BCUT2D eigenvalue weighted by atomic mass is 35.5. The van der Waals surface area contributed by atoms with E-state index < -0.39 is 11.6 Å². The summed E-state index contributed by atoms with van der Waals surface area (Å²) in [6.45, 7) is 5.73.